The first-order valence-electron chi connectivity index (χ1n) is 11.0. The first kappa shape index (κ1) is 25.8. The van der Waals surface area contributed by atoms with Gasteiger partial charge in [-0.1, -0.05) is 70.2 Å². The highest BCUT2D eigenvalue weighted by molar-refractivity contribution is 6.74. The van der Waals surface area contributed by atoms with Crippen molar-refractivity contribution < 1.29 is 23.9 Å². The molecule has 32 heavy (non-hydrogen) atoms. The Morgan fingerprint density at radius 1 is 1.00 bits per heavy atom. The molecule has 2 rings (SSSR count). The molecule has 0 heterocycles. The third-order valence-corrected chi connectivity index (χ3v) is 10.9. The van der Waals surface area contributed by atoms with Crippen molar-refractivity contribution in [1.29, 1.82) is 0 Å². The number of carbonyl (C=O) groups is 2. The molecule has 0 amide bonds. The van der Waals surface area contributed by atoms with Crippen molar-refractivity contribution in [3.63, 3.8) is 0 Å². The van der Waals surface area contributed by atoms with E-state index in [9.17, 15) is 14.7 Å². The second-order valence-electron chi connectivity index (χ2n) is 9.78. The number of hydrogen-bond acceptors (Lipinski definition) is 5. The molecule has 0 radical (unpaired) electrons. The van der Waals surface area contributed by atoms with Crippen molar-refractivity contribution >= 4 is 20.1 Å². The largest absolute Gasteiger partial charge is 0.544 e. The molecular formula is C26H36O5Si. The van der Waals surface area contributed by atoms with Gasteiger partial charge in [0.05, 0.1) is 12.7 Å². The summed E-state index contributed by atoms with van der Waals surface area (Å²) in [4.78, 5) is 25.8. The Hall–Kier alpha value is -2.44. The topological polar surface area (TPSA) is 72.8 Å². The van der Waals surface area contributed by atoms with E-state index in [2.05, 4.69) is 33.9 Å². The Balaban J connectivity index is 2.30. The molecule has 0 saturated heterocycles. The van der Waals surface area contributed by atoms with Crippen LogP contribution in [-0.4, -0.2) is 32.3 Å². The first-order valence-corrected chi connectivity index (χ1v) is 13.9. The van der Waals surface area contributed by atoms with Crippen molar-refractivity contribution in [2.45, 2.75) is 70.2 Å². The molecule has 0 aromatic heterocycles. The van der Waals surface area contributed by atoms with Gasteiger partial charge in [-0.3, -0.25) is 9.59 Å². The zero-order chi connectivity index (χ0) is 24.2. The molecule has 0 aliphatic rings. The molecule has 2 aromatic carbocycles. The van der Waals surface area contributed by atoms with Crippen molar-refractivity contribution in [3.8, 4) is 5.75 Å². The number of ketones is 1. The van der Waals surface area contributed by atoms with Gasteiger partial charge in [0.1, 0.15) is 11.7 Å². The molecular weight excluding hydrogens is 420 g/mol. The number of methoxy groups -OCH3 is 1. The Bertz CT molecular complexity index is 915. The fraction of sp³-hybridized carbons (Fsp3) is 0.462. The van der Waals surface area contributed by atoms with Gasteiger partial charge in [-0.15, -0.1) is 0 Å². The summed E-state index contributed by atoms with van der Waals surface area (Å²) in [6.07, 6.45) is 0.158. The minimum Gasteiger partial charge on any atom is -0.544 e. The fourth-order valence-electron chi connectivity index (χ4n) is 3.32. The summed E-state index contributed by atoms with van der Waals surface area (Å²) in [5.41, 5.74) is -0.177. The van der Waals surface area contributed by atoms with E-state index < -0.39 is 25.8 Å². The predicted molar refractivity (Wildman–Crippen MR) is 129 cm³/mol. The summed E-state index contributed by atoms with van der Waals surface area (Å²) in [6, 6.07) is 16.1. The molecule has 0 aliphatic heterocycles. The highest BCUT2D eigenvalue weighted by atomic mass is 28.4. The summed E-state index contributed by atoms with van der Waals surface area (Å²) in [7, 11) is -0.742. The van der Waals surface area contributed by atoms with E-state index in [1.807, 2.05) is 25.1 Å². The van der Waals surface area contributed by atoms with Crippen molar-refractivity contribution in [2.75, 3.05) is 7.11 Å². The van der Waals surface area contributed by atoms with Crippen LogP contribution in [0.15, 0.2) is 54.6 Å². The van der Waals surface area contributed by atoms with Gasteiger partial charge in [0.2, 0.25) is 8.32 Å². The SMILES string of the molecule is CCC(O)(CC(=O)C(C(=O)OC)c1ccc(O[Si](C)(C)C(C)(C)C)cc1)c1ccccc1. The first-order chi connectivity index (χ1) is 14.8. The second-order valence-corrected chi connectivity index (χ2v) is 14.5. The number of ether oxygens (including phenoxy) is 1. The maximum atomic E-state index is 13.3. The summed E-state index contributed by atoms with van der Waals surface area (Å²) in [5.74, 6) is -1.42. The lowest BCUT2D eigenvalue weighted by Gasteiger charge is -2.36. The highest BCUT2D eigenvalue weighted by Crippen LogP contribution is 2.38. The quantitative estimate of drug-likeness (QED) is 0.303. The van der Waals surface area contributed by atoms with Gasteiger partial charge in [-0.25, -0.2) is 0 Å². The van der Waals surface area contributed by atoms with E-state index in [-0.39, 0.29) is 17.2 Å². The Morgan fingerprint density at radius 2 is 1.56 bits per heavy atom. The van der Waals surface area contributed by atoms with Crippen molar-refractivity contribution in [1.82, 2.24) is 0 Å². The molecule has 0 bridgehead atoms. The number of carbonyl (C=O) groups excluding carboxylic acids is 2. The van der Waals surface area contributed by atoms with Crippen LogP contribution in [0.25, 0.3) is 0 Å². The molecule has 5 nitrogen and oxygen atoms in total. The molecule has 0 spiro atoms. The van der Waals surface area contributed by atoms with E-state index in [0.29, 0.717) is 23.3 Å². The summed E-state index contributed by atoms with van der Waals surface area (Å²) >= 11 is 0. The maximum absolute atomic E-state index is 13.3. The van der Waals surface area contributed by atoms with E-state index in [1.165, 1.54) is 7.11 Å². The van der Waals surface area contributed by atoms with Crippen LogP contribution in [0.4, 0.5) is 0 Å². The average Bonchev–Trinajstić information content (AvgIpc) is 2.74. The van der Waals surface area contributed by atoms with E-state index >= 15 is 0 Å². The van der Waals surface area contributed by atoms with Gasteiger partial charge < -0.3 is 14.3 Å². The molecule has 174 valence electrons. The molecule has 2 unspecified atom stereocenters. The Morgan fingerprint density at radius 3 is 2.03 bits per heavy atom. The molecule has 2 aromatic rings. The second kappa shape index (κ2) is 10.0. The van der Waals surface area contributed by atoms with Crippen LogP contribution in [0.1, 0.15) is 57.6 Å². The number of esters is 1. The highest BCUT2D eigenvalue weighted by Gasteiger charge is 2.39. The smallest absolute Gasteiger partial charge is 0.320 e. The fourth-order valence-corrected chi connectivity index (χ4v) is 4.35. The van der Waals surface area contributed by atoms with Crippen molar-refractivity contribution in [2.24, 2.45) is 0 Å². The standard InChI is InChI=1S/C26H36O5Si/c1-8-26(29,20-12-10-9-11-13-20)18-22(27)23(24(28)30-5)19-14-16-21(17-15-19)31-32(6,7)25(2,3)4/h9-17,23,29H,8,18H2,1-7H3. The van der Waals surface area contributed by atoms with Crippen LogP contribution in [-0.2, 0) is 19.9 Å². The molecule has 6 heteroatoms. The van der Waals surface area contributed by atoms with E-state index in [4.69, 9.17) is 9.16 Å². The molecule has 0 aliphatic carbocycles. The number of hydrogen-bond donors (Lipinski definition) is 1. The third-order valence-electron chi connectivity index (χ3n) is 6.51. The normalized spacial score (nSPS) is 14.9. The van der Waals surface area contributed by atoms with Gasteiger partial charge in [0.15, 0.2) is 5.78 Å². The lowest BCUT2D eigenvalue weighted by molar-refractivity contribution is -0.146. The summed E-state index contributed by atoms with van der Waals surface area (Å²) in [6.45, 7) is 12.7. The van der Waals surface area contributed by atoms with Crippen LogP contribution in [0.3, 0.4) is 0 Å². The molecule has 0 saturated carbocycles. The van der Waals surface area contributed by atoms with Gasteiger partial charge >= 0.3 is 5.97 Å². The number of rotatable bonds is 9. The van der Waals surface area contributed by atoms with Crippen LogP contribution in [0, 0.1) is 0 Å². The van der Waals surface area contributed by atoms with Gasteiger partial charge in [-0.2, -0.15) is 0 Å². The Labute approximate surface area is 192 Å². The average molecular weight is 457 g/mol. The Kier molecular flexibility index (Phi) is 8.07. The van der Waals surface area contributed by atoms with Crippen LogP contribution >= 0.6 is 0 Å². The van der Waals surface area contributed by atoms with Gasteiger partial charge in [0.25, 0.3) is 0 Å². The number of Topliss-reactive ketones (excluding diaryl/α,β-unsaturated/α-hetero) is 1. The monoisotopic (exact) mass is 456 g/mol. The lowest BCUT2D eigenvalue weighted by atomic mass is 9.81. The maximum Gasteiger partial charge on any atom is 0.320 e. The van der Waals surface area contributed by atoms with E-state index in [1.54, 1.807) is 36.4 Å². The van der Waals surface area contributed by atoms with Crippen LogP contribution in [0.2, 0.25) is 18.1 Å². The van der Waals surface area contributed by atoms with Gasteiger partial charge in [0, 0.05) is 6.42 Å². The minimum atomic E-state index is -2.01. The number of aliphatic hydroxyl groups is 1. The van der Waals surface area contributed by atoms with Crippen LogP contribution in [0.5, 0.6) is 5.75 Å². The third kappa shape index (κ3) is 5.87. The zero-order valence-corrected chi connectivity index (χ0v) is 21.3. The van der Waals surface area contributed by atoms with Gasteiger partial charge in [-0.05, 0) is 47.8 Å². The molecule has 1 N–H and O–H groups in total. The van der Waals surface area contributed by atoms with Crippen LogP contribution < -0.4 is 4.43 Å². The molecule has 0 fully saturated rings. The molecule has 2 atom stereocenters. The van der Waals surface area contributed by atoms with Crippen molar-refractivity contribution in [3.05, 3.63) is 65.7 Å². The summed E-state index contributed by atoms with van der Waals surface area (Å²) < 4.78 is 11.2. The zero-order valence-electron chi connectivity index (χ0n) is 20.3. The summed E-state index contributed by atoms with van der Waals surface area (Å²) in [5, 5.41) is 11.2. The van der Waals surface area contributed by atoms with E-state index in [0.717, 1.165) is 0 Å². The lowest BCUT2D eigenvalue weighted by Crippen LogP contribution is -2.43. The minimum absolute atomic E-state index is 0.0538. The number of benzene rings is 2. The predicted octanol–water partition coefficient (Wildman–Crippen LogP) is 5.58.